The number of ether oxygens (including phenoxy) is 1. The second-order valence-electron chi connectivity index (χ2n) is 3.34. The monoisotopic (exact) mass is 219 g/mol. The van der Waals surface area contributed by atoms with Crippen molar-refractivity contribution in [3.05, 3.63) is 24.3 Å². The van der Waals surface area contributed by atoms with Gasteiger partial charge in [-0.05, 0) is 12.1 Å². The molecule has 2 rings (SSSR count). The number of hydrogen-bond donors (Lipinski definition) is 1. The summed E-state index contributed by atoms with van der Waals surface area (Å²) in [7, 11) is 3.15. The Morgan fingerprint density at radius 3 is 2.94 bits per heavy atom. The lowest BCUT2D eigenvalue weighted by Crippen LogP contribution is -2.13. The molecule has 0 aliphatic rings. The number of benzene rings is 1. The Balaban J connectivity index is 2.51. The summed E-state index contributed by atoms with van der Waals surface area (Å²) in [6, 6.07) is 7.66. The van der Waals surface area contributed by atoms with Gasteiger partial charge in [0.25, 0.3) is 0 Å². The average molecular weight is 219 g/mol. The van der Waals surface area contributed by atoms with Gasteiger partial charge >= 0.3 is 5.97 Å². The van der Waals surface area contributed by atoms with Crippen LogP contribution in [0.2, 0.25) is 0 Å². The van der Waals surface area contributed by atoms with Gasteiger partial charge in [-0.1, -0.05) is 12.1 Å². The topological polar surface area (TPSA) is 56.2 Å². The molecule has 5 heteroatoms. The Morgan fingerprint density at radius 1 is 1.50 bits per heavy atom. The minimum atomic E-state index is -0.292. The first-order valence-corrected chi connectivity index (χ1v) is 4.96. The molecule has 0 aliphatic heterocycles. The third-order valence-corrected chi connectivity index (χ3v) is 2.39. The Kier molecular flexibility index (Phi) is 2.76. The molecular weight excluding hydrogens is 206 g/mol. The van der Waals surface area contributed by atoms with Crippen molar-refractivity contribution in [3.8, 4) is 0 Å². The summed E-state index contributed by atoms with van der Waals surface area (Å²) in [5.41, 5.74) is 1.77. The molecule has 84 valence electrons. The van der Waals surface area contributed by atoms with E-state index in [0.29, 0.717) is 5.95 Å². The summed E-state index contributed by atoms with van der Waals surface area (Å²) in [5.74, 6) is 0.367. The maximum Gasteiger partial charge on any atom is 0.325 e. The highest BCUT2D eigenvalue weighted by Crippen LogP contribution is 2.18. The Hall–Kier alpha value is -2.04. The lowest BCUT2D eigenvalue weighted by Gasteiger charge is -2.06. The van der Waals surface area contributed by atoms with Gasteiger partial charge in [-0.2, -0.15) is 0 Å². The van der Waals surface area contributed by atoms with Crippen molar-refractivity contribution in [1.82, 2.24) is 9.55 Å². The van der Waals surface area contributed by atoms with Crippen molar-refractivity contribution in [3.63, 3.8) is 0 Å². The first-order valence-electron chi connectivity index (χ1n) is 4.96. The maximum absolute atomic E-state index is 11.3. The van der Waals surface area contributed by atoms with E-state index in [4.69, 9.17) is 0 Å². The fourth-order valence-corrected chi connectivity index (χ4v) is 1.62. The molecule has 2 aromatic rings. The lowest BCUT2D eigenvalue weighted by atomic mass is 10.3. The van der Waals surface area contributed by atoms with Gasteiger partial charge in [0, 0.05) is 7.05 Å². The summed E-state index contributed by atoms with van der Waals surface area (Å²) >= 11 is 0. The van der Waals surface area contributed by atoms with Crippen LogP contribution in [0, 0.1) is 0 Å². The molecule has 0 amide bonds. The van der Waals surface area contributed by atoms with Gasteiger partial charge in [0.15, 0.2) is 0 Å². The molecule has 0 unspecified atom stereocenters. The number of para-hydroxylation sites is 2. The number of nitrogens with zero attached hydrogens (tertiary/aromatic N) is 2. The zero-order valence-electron chi connectivity index (χ0n) is 9.23. The zero-order valence-corrected chi connectivity index (χ0v) is 9.23. The van der Waals surface area contributed by atoms with Gasteiger partial charge in [0.2, 0.25) is 5.95 Å². The van der Waals surface area contributed by atoms with E-state index >= 15 is 0 Å². The van der Waals surface area contributed by atoms with E-state index in [1.54, 1.807) is 11.6 Å². The predicted octanol–water partition coefficient (Wildman–Crippen LogP) is 1.25. The smallest absolute Gasteiger partial charge is 0.325 e. The minimum absolute atomic E-state index is 0.160. The fraction of sp³-hybridized carbons (Fsp3) is 0.273. The second kappa shape index (κ2) is 4.22. The van der Waals surface area contributed by atoms with Gasteiger partial charge in [-0.3, -0.25) is 9.36 Å². The lowest BCUT2D eigenvalue weighted by molar-refractivity contribution is -0.141. The van der Waals surface area contributed by atoms with Gasteiger partial charge in [-0.15, -0.1) is 0 Å². The number of esters is 1. The molecule has 0 saturated carbocycles. The Bertz CT molecular complexity index is 519. The van der Waals surface area contributed by atoms with Crippen LogP contribution in [0.4, 0.5) is 5.95 Å². The molecule has 0 aliphatic carbocycles. The van der Waals surface area contributed by atoms with Crippen molar-refractivity contribution in [2.24, 2.45) is 0 Å². The van der Waals surface area contributed by atoms with Crippen LogP contribution in [0.25, 0.3) is 11.0 Å². The van der Waals surface area contributed by atoms with Crippen LogP contribution in [0.3, 0.4) is 0 Å². The van der Waals surface area contributed by atoms with Gasteiger partial charge in [0.05, 0.1) is 18.1 Å². The molecule has 1 aromatic heterocycles. The standard InChI is InChI=1S/C11H13N3O2/c1-12-11-13-8-5-3-4-6-9(8)14(11)7-10(15)16-2/h3-6H,7H2,1-2H3,(H,12,13). The molecule has 0 saturated heterocycles. The number of carbonyl (C=O) groups excluding carboxylic acids is 1. The summed E-state index contributed by atoms with van der Waals surface area (Å²) in [4.78, 5) is 15.7. The van der Waals surface area contributed by atoms with Crippen molar-refractivity contribution in [1.29, 1.82) is 0 Å². The number of imidazole rings is 1. The Morgan fingerprint density at radius 2 is 2.25 bits per heavy atom. The third kappa shape index (κ3) is 1.71. The third-order valence-electron chi connectivity index (χ3n) is 2.39. The molecular formula is C11H13N3O2. The summed E-state index contributed by atoms with van der Waals surface area (Å²) < 4.78 is 6.45. The van der Waals surface area contributed by atoms with Crippen molar-refractivity contribution in [2.75, 3.05) is 19.5 Å². The minimum Gasteiger partial charge on any atom is -0.468 e. The molecule has 1 heterocycles. The summed E-state index contributed by atoms with van der Waals surface area (Å²) in [5, 5.41) is 2.96. The van der Waals surface area contributed by atoms with Crippen molar-refractivity contribution >= 4 is 23.0 Å². The van der Waals surface area contributed by atoms with E-state index in [0.717, 1.165) is 11.0 Å². The average Bonchev–Trinajstić information content (AvgIpc) is 2.67. The number of methoxy groups -OCH3 is 1. The normalized spacial score (nSPS) is 10.4. The highest BCUT2D eigenvalue weighted by molar-refractivity contribution is 5.81. The van der Waals surface area contributed by atoms with Gasteiger partial charge in [0.1, 0.15) is 6.54 Å². The molecule has 0 atom stereocenters. The Labute approximate surface area is 93.0 Å². The molecule has 0 fully saturated rings. The van der Waals surface area contributed by atoms with Crippen LogP contribution in [0.1, 0.15) is 0 Å². The molecule has 5 nitrogen and oxygen atoms in total. The van der Waals surface area contributed by atoms with E-state index < -0.39 is 0 Å². The molecule has 0 spiro atoms. The molecule has 1 aromatic carbocycles. The number of aromatic nitrogens is 2. The first kappa shape index (κ1) is 10.5. The van der Waals surface area contributed by atoms with Crippen LogP contribution >= 0.6 is 0 Å². The molecule has 0 radical (unpaired) electrons. The van der Waals surface area contributed by atoms with E-state index in [2.05, 4.69) is 15.0 Å². The van der Waals surface area contributed by atoms with Crippen LogP contribution in [0.5, 0.6) is 0 Å². The summed E-state index contributed by atoms with van der Waals surface area (Å²) in [6.07, 6.45) is 0. The number of rotatable bonds is 3. The maximum atomic E-state index is 11.3. The van der Waals surface area contributed by atoms with E-state index in [1.165, 1.54) is 7.11 Å². The SMILES string of the molecule is CNc1nc2ccccc2n1CC(=O)OC. The van der Waals surface area contributed by atoms with E-state index in [9.17, 15) is 4.79 Å². The second-order valence-corrected chi connectivity index (χ2v) is 3.34. The van der Waals surface area contributed by atoms with Crippen molar-refractivity contribution in [2.45, 2.75) is 6.54 Å². The van der Waals surface area contributed by atoms with Crippen LogP contribution in [-0.2, 0) is 16.1 Å². The number of hydrogen-bond acceptors (Lipinski definition) is 4. The highest BCUT2D eigenvalue weighted by atomic mass is 16.5. The van der Waals surface area contributed by atoms with E-state index in [1.807, 2.05) is 24.3 Å². The molecule has 0 bridgehead atoms. The van der Waals surface area contributed by atoms with Crippen LogP contribution < -0.4 is 5.32 Å². The molecule has 1 N–H and O–H groups in total. The van der Waals surface area contributed by atoms with Gasteiger partial charge in [-0.25, -0.2) is 4.98 Å². The van der Waals surface area contributed by atoms with Crippen molar-refractivity contribution < 1.29 is 9.53 Å². The number of fused-ring (bicyclic) bond motifs is 1. The van der Waals surface area contributed by atoms with E-state index in [-0.39, 0.29) is 12.5 Å². The molecule has 16 heavy (non-hydrogen) atoms. The quantitative estimate of drug-likeness (QED) is 0.789. The first-order chi connectivity index (χ1) is 7.76. The van der Waals surface area contributed by atoms with Crippen LogP contribution in [0.15, 0.2) is 24.3 Å². The van der Waals surface area contributed by atoms with Gasteiger partial charge < -0.3 is 10.1 Å². The number of carbonyl (C=O) groups is 1. The zero-order chi connectivity index (χ0) is 11.5. The predicted molar refractivity (Wildman–Crippen MR) is 61.3 cm³/mol. The largest absolute Gasteiger partial charge is 0.468 e. The number of nitrogens with one attached hydrogen (secondary N) is 1. The van der Waals surface area contributed by atoms with Crippen LogP contribution in [-0.4, -0.2) is 29.7 Å². The summed E-state index contributed by atoms with van der Waals surface area (Å²) in [6.45, 7) is 0.160. The number of anilines is 1. The fourth-order valence-electron chi connectivity index (χ4n) is 1.62. The highest BCUT2D eigenvalue weighted by Gasteiger charge is 2.12.